The summed E-state index contributed by atoms with van der Waals surface area (Å²) in [6.07, 6.45) is -0.0976. The molecule has 0 aliphatic heterocycles. The van der Waals surface area contributed by atoms with Gasteiger partial charge in [0.25, 0.3) is 5.69 Å². The van der Waals surface area contributed by atoms with E-state index in [9.17, 15) is 19.3 Å². The van der Waals surface area contributed by atoms with Crippen molar-refractivity contribution in [1.82, 2.24) is 4.98 Å². The fraction of sp³-hybridized carbons (Fsp3) is 0.111. The summed E-state index contributed by atoms with van der Waals surface area (Å²) in [5, 5.41) is 16.1. The van der Waals surface area contributed by atoms with E-state index in [0.29, 0.717) is 21.5 Å². The van der Waals surface area contributed by atoms with Gasteiger partial charge in [-0.1, -0.05) is 11.6 Å². The van der Waals surface area contributed by atoms with Gasteiger partial charge in [0.05, 0.1) is 22.7 Å². The second-order valence-corrected chi connectivity index (χ2v) is 7.00. The highest BCUT2D eigenvalue weighted by Crippen LogP contribution is 2.22. The number of nitrogens with one attached hydrogen (secondary N) is 1. The Morgan fingerprint density at radius 3 is 2.75 bits per heavy atom. The maximum atomic E-state index is 13.7. The Morgan fingerprint density at radius 2 is 2.04 bits per heavy atom. The van der Waals surface area contributed by atoms with E-state index in [-0.39, 0.29) is 24.4 Å². The highest BCUT2D eigenvalue weighted by atomic mass is 35.5. The van der Waals surface area contributed by atoms with Gasteiger partial charge in [-0.15, -0.1) is 11.3 Å². The van der Waals surface area contributed by atoms with Gasteiger partial charge in [-0.25, -0.2) is 9.37 Å². The molecule has 0 atom stereocenters. The van der Waals surface area contributed by atoms with Gasteiger partial charge in [0.1, 0.15) is 23.2 Å². The summed E-state index contributed by atoms with van der Waals surface area (Å²) in [7, 11) is 0. The van der Waals surface area contributed by atoms with Crippen LogP contribution in [-0.2, 0) is 17.8 Å². The number of halogens is 2. The lowest BCUT2D eigenvalue weighted by Gasteiger charge is -2.05. The normalized spacial score (nSPS) is 10.5. The first-order valence-corrected chi connectivity index (χ1v) is 9.22. The quantitative estimate of drug-likeness (QED) is 0.444. The van der Waals surface area contributed by atoms with Gasteiger partial charge in [0.2, 0.25) is 5.91 Å². The number of non-ortho nitro benzene ring substituents is 1. The Labute approximate surface area is 167 Å². The number of nitro benzene ring substituents is 1. The molecule has 1 N–H and O–H groups in total. The molecule has 7 nitrogen and oxygen atoms in total. The van der Waals surface area contributed by atoms with Crippen LogP contribution in [0.5, 0.6) is 5.75 Å². The van der Waals surface area contributed by atoms with Crippen LogP contribution in [0.15, 0.2) is 47.8 Å². The molecule has 1 amide bonds. The minimum absolute atomic E-state index is 0.0976. The molecule has 3 aromatic rings. The number of amides is 1. The third kappa shape index (κ3) is 5.24. The number of nitro groups is 1. The minimum atomic E-state index is -0.755. The number of carbonyl (C=O) groups is 1. The second-order valence-electron chi connectivity index (χ2n) is 5.62. The first kappa shape index (κ1) is 19.7. The van der Waals surface area contributed by atoms with Crippen molar-refractivity contribution in [1.29, 1.82) is 0 Å². The topological polar surface area (TPSA) is 94.4 Å². The van der Waals surface area contributed by atoms with Crippen LogP contribution in [0, 0.1) is 15.9 Å². The van der Waals surface area contributed by atoms with Crippen molar-refractivity contribution >= 4 is 40.2 Å². The summed E-state index contributed by atoms with van der Waals surface area (Å²) in [6.45, 7) is 0.230. The van der Waals surface area contributed by atoms with Crippen LogP contribution in [0.3, 0.4) is 0 Å². The van der Waals surface area contributed by atoms with E-state index >= 15 is 0 Å². The van der Waals surface area contributed by atoms with Gasteiger partial charge in [-0.2, -0.15) is 0 Å². The van der Waals surface area contributed by atoms with Crippen LogP contribution in [0.4, 0.5) is 15.8 Å². The lowest BCUT2D eigenvalue weighted by Crippen LogP contribution is -2.15. The maximum absolute atomic E-state index is 13.7. The zero-order valence-corrected chi connectivity index (χ0v) is 15.8. The molecule has 1 heterocycles. The van der Waals surface area contributed by atoms with Gasteiger partial charge >= 0.3 is 0 Å². The highest BCUT2D eigenvalue weighted by Gasteiger charge is 2.14. The van der Waals surface area contributed by atoms with Crippen molar-refractivity contribution in [2.24, 2.45) is 0 Å². The van der Waals surface area contributed by atoms with E-state index in [1.165, 1.54) is 11.3 Å². The highest BCUT2D eigenvalue weighted by molar-refractivity contribution is 7.09. The largest absolute Gasteiger partial charge is 0.486 e. The average Bonchev–Trinajstić information content (AvgIpc) is 3.10. The van der Waals surface area contributed by atoms with Gasteiger partial charge in [-0.3, -0.25) is 14.9 Å². The average molecular weight is 422 g/mol. The Kier molecular flexibility index (Phi) is 6.17. The summed E-state index contributed by atoms with van der Waals surface area (Å²) >= 11 is 7.14. The van der Waals surface area contributed by atoms with Gasteiger partial charge in [0, 0.05) is 22.5 Å². The Hall–Kier alpha value is -3.04. The molecule has 144 valence electrons. The molecule has 0 aliphatic carbocycles. The number of benzene rings is 2. The predicted octanol–water partition coefficient (Wildman–Crippen LogP) is 4.60. The molecular formula is C18H13ClFN3O4S. The molecule has 1 aromatic heterocycles. The van der Waals surface area contributed by atoms with Crippen molar-refractivity contribution in [2.75, 3.05) is 5.32 Å². The number of thiazole rings is 1. The molecule has 0 radical (unpaired) electrons. The molecule has 28 heavy (non-hydrogen) atoms. The molecule has 0 bridgehead atoms. The third-order valence-corrected chi connectivity index (χ3v) is 4.67. The number of ether oxygens (including phenoxy) is 1. The second kappa shape index (κ2) is 8.77. The summed E-state index contributed by atoms with van der Waals surface area (Å²) < 4.78 is 19.3. The molecule has 0 saturated carbocycles. The van der Waals surface area contributed by atoms with Crippen LogP contribution < -0.4 is 10.1 Å². The van der Waals surface area contributed by atoms with Crippen LogP contribution in [0.1, 0.15) is 10.7 Å². The van der Waals surface area contributed by atoms with Crippen LogP contribution in [-0.4, -0.2) is 15.8 Å². The van der Waals surface area contributed by atoms with E-state index in [1.807, 2.05) is 0 Å². The van der Waals surface area contributed by atoms with Gasteiger partial charge in [-0.05, 0) is 30.3 Å². The van der Waals surface area contributed by atoms with Crippen molar-refractivity contribution < 1.29 is 18.8 Å². The number of hydrogen-bond acceptors (Lipinski definition) is 6. The zero-order chi connectivity index (χ0) is 20.1. The van der Waals surface area contributed by atoms with Crippen LogP contribution in [0.25, 0.3) is 0 Å². The fourth-order valence-corrected chi connectivity index (χ4v) is 3.08. The van der Waals surface area contributed by atoms with Crippen LogP contribution >= 0.6 is 22.9 Å². The van der Waals surface area contributed by atoms with E-state index in [1.54, 1.807) is 29.6 Å². The maximum Gasteiger partial charge on any atom is 0.271 e. The van der Waals surface area contributed by atoms with Crippen molar-refractivity contribution in [2.45, 2.75) is 13.0 Å². The van der Waals surface area contributed by atoms with Crippen molar-refractivity contribution in [3.05, 3.63) is 79.5 Å². The number of carbonyl (C=O) groups excluding carboxylic acids is 1. The molecule has 10 heteroatoms. The van der Waals surface area contributed by atoms with Crippen molar-refractivity contribution in [3.63, 3.8) is 0 Å². The fourth-order valence-electron chi connectivity index (χ4n) is 2.25. The molecule has 0 spiro atoms. The Balaban J connectivity index is 1.57. The lowest BCUT2D eigenvalue weighted by atomic mass is 10.2. The molecule has 2 aromatic carbocycles. The standard InChI is InChI=1S/C18H13ClFN3O4S/c19-11-1-4-14(5-2-11)27-9-18-21-12(10-28-18)7-17(24)22-16-8-13(23(25)26)3-6-15(16)20/h1-6,8,10H,7,9H2,(H,22,24). The van der Waals surface area contributed by atoms with Gasteiger partial charge < -0.3 is 10.1 Å². The predicted molar refractivity (Wildman–Crippen MR) is 103 cm³/mol. The smallest absolute Gasteiger partial charge is 0.271 e. The molecular weight excluding hydrogens is 409 g/mol. The summed E-state index contributed by atoms with van der Waals surface area (Å²) in [5.41, 5.74) is -0.0734. The number of hydrogen-bond donors (Lipinski definition) is 1. The number of aromatic nitrogens is 1. The Bertz CT molecular complexity index is 1010. The lowest BCUT2D eigenvalue weighted by molar-refractivity contribution is -0.384. The van der Waals surface area contributed by atoms with Crippen molar-refractivity contribution in [3.8, 4) is 5.75 Å². The van der Waals surface area contributed by atoms with E-state index < -0.39 is 16.6 Å². The Morgan fingerprint density at radius 1 is 1.29 bits per heavy atom. The molecule has 3 rings (SSSR count). The van der Waals surface area contributed by atoms with Crippen LogP contribution in [0.2, 0.25) is 5.02 Å². The minimum Gasteiger partial charge on any atom is -0.486 e. The summed E-state index contributed by atoms with van der Waals surface area (Å²) in [5.74, 6) is -0.649. The van der Waals surface area contributed by atoms with E-state index in [0.717, 1.165) is 18.2 Å². The first-order valence-electron chi connectivity index (χ1n) is 7.96. The number of nitrogens with zero attached hydrogens (tertiary/aromatic N) is 2. The van der Waals surface area contributed by atoms with E-state index in [4.69, 9.17) is 16.3 Å². The number of rotatable bonds is 7. The molecule has 0 aliphatic rings. The SMILES string of the molecule is O=C(Cc1csc(COc2ccc(Cl)cc2)n1)Nc1cc([N+](=O)[O-])ccc1F. The first-order chi connectivity index (χ1) is 13.4. The molecule has 0 unspecified atom stereocenters. The molecule has 0 saturated heterocycles. The third-order valence-electron chi connectivity index (χ3n) is 3.55. The zero-order valence-electron chi connectivity index (χ0n) is 14.2. The van der Waals surface area contributed by atoms with E-state index in [2.05, 4.69) is 10.3 Å². The monoisotopic (exact) mass is 421 g/mol. The molecule has 0 fully saturated rings. The summed E-state index contributed by atoms with van der Waals surface area (Å²) in [4.78, 5) is 26.5. The number of anilines is 1. The van der Waals surface area contributed by atoms with Gasteiger partial charge in [0.15, 0.2) is 0 Å². The summed E-state index contributed by atoms with van der Waals surface area (Å²) in [6, 6.07) is 9.82.